The van der Waals surface area contributed by atoms with Gasteiger partial charge in [-0.1, -0.05) is 184 Å². The highest BCUT2D eigenvalue weighted by Gasteiger charge is 2.51. The Morgan fingerprint density at radius 1 is 0.312 bits per heavy atom. The average Bonchev–Trinajstić information content (AvgIpc) is 3.73. The summed E-state index contributed by atoms with van der Waals surface area (Å²) in [4.78, 5) is 15.0. The van der Waals surface area contributed by atoms with Crippen LogP contribution in [0.3, 0.4) is 0 Å². The number of pyridine rings is 1. The van der Waals surface area contributed by atoms with Crippen LogP contribution in [-0.2, 0) is 10.8 Å². The van der Waals surface area contributed by atoms with Gasteiger partial charge >= 0.3 is 0 Å². The van der Waals surface area contributed by atoms with Crippen molar-refractivity contribution in [3.8, 4) is 89.5 Å². The Labute approximate surface area is 373 Å². The third kappa shape index (κ3) is 5.19. The summed E-state index contributed by atoms with van der Waals surface area (Å²) >= 11 is 0. The van der Waals surface area contributed by atoms with Gasteiger partial charge in [-0.05, 0) is 119 Å². The van der Waals surface area contributed by atoms with E-state index < -0.39 is 5.41 Å². The third-order valence-electron chi connectivity index (χ3n) is 14.2. The third-order valence-corrected chi connectivity index (χ3v) is 14.2. The van der Waals surface area contributed by atoms with E-state index in [1.807, 2.05) is 12.3 Å². The second kappa shape index (κ2) is 13.7. The Morgan fingerprint density at radius 2 is 0.797 bits per heavy atom. The molecule has 3 heteroatoms. The Morgan fingerprint density at radius 3 is 1.47 bits per heavy atom. The lowest BCUT2D eigenvalue weighted by molar-refractivity contribution is 0.660. The van der Waals surface area contributed by atoms with Crippen LogP contribution in [0.1, 0.15) is 47.2 Å². The highest BCUT2D eigenvalue weighted by Crippen LogP contribution is 2.64. The SMILES string of the molecule is CC1(C)c2ccccc2-c2cc3c(cc21)-c1ccccc1C31c2ccccc2-c2ccccc2-c2ccc(-c3cc(-c4ccccc4)nc(-c4ccc(-c5cccnc5)cc4)n3)cc21. The van der Waals surface area contributed by atoms with E-state index in [4.69, 9.17) is 9.97 Å². The molecule has 64 heavy (non-hydrogen) atoms. The molecule has 1 atom stereocenters. The summed E-state index contributed by atoms with van der Waals surface area (Å²) in [6, 6.07) is 73.7. The molecule has 0 saturated heterocycles. The van der Waals surface area contributed by atoms with Gasteiger partial charge in [0.25, 0.3) is 0 Å². The van der Waals surface area contributed by atoms with Crippen LogP contribution in [0.4, 0.5) is 0 Å². The summed E-state index contributed by atoms with van der Waals surface area (Å²) in [6.45, 7) is 4.77. The van der Waals surface area contributed by atoms with Gasteiger partial charge in [-0.15, -0.1) is 0 Å². The van der Waals surface area contributed by atoms with Gasteiger partial charge in [0.05, 0.1) is 16.8 Å². The minimum Gasteiger partial charge on any atom is -0.264 e. The zero-order chi connectivity index (χ0) is 42.6. The highest BCUT2D eigenvalue weighted by atomic mass is 14.9. The number of hydrogen-bond acceptors (Lipinski definition) is 3. The molecule has 1 spiro atoms. The summed E-state index contributed by atoms with van der Waals surface area (Å²) in [7, 11) is 0. The van der Waals surface area contributed by atoms with Crippen molar-refractivity contribution in [2.75, 3.05) is 0 Å². The summed E-state index contributed by atoms with van der Waals surface area (Å²) in [5.74, 6) is 0.683. The van der Waals surface area contributed by atoms with Gasteiger partial charge in [-0.3, -0.25) is 4.98 Å². The van der Waals surface area contributed by atoms with Crippen molar-refractivity contribution in [1.82, 2.24) is 15.0 Å². The topological polar surface area (TPSA) is 38.7 Å². The Balaban J connectivity index is 1.10. The molecule has 8 aromatic carbocycles. The average molecular weight is 816 g/mol. The van der Waals surface area contributed by atoms with E-state index in [9.17, 15) is 0 Å². The maximum Gasteiger partial charge on any atom is 0.160 e. The van der Waals surface area contributed by atoms with Gasteiger partial charge in [-0.25, -0.2) is 9.97 Å². The smallest absolute Gasteiger partial charge is 0.160 e. The van der Waals surface area contributed by atoms with E-state index in [-0.39, 0.29) is 5.41 Å². The molecule has 300 valence electrons. The van der Waals surface area contributed by atoms with Crippen molar-refractivity contribution in [1.29, 1.82) is 0 Å². The Hall–Kier alpha value is -8.01. The van der Waals surface area contributed by atoms with Crippen molar-refractivity contribution in [2.45, 2.75) is 24.7 Å². The van der Waals surface area contributed by atoms with Crippen LogP contribution in [-0.4, -0.2) is 15.0 Å². The number of rotatable bonds is 4. The number of fused-ring (bicyclic) bond motifs is 15. The number of benzene rings is 8. The van der Waals surface area contributed by atoms with Crippen molar-refractivity contribution in [3.63, 3.8) is 0 Å². The van der Waals surface area contributed by atoms with E-state index >= 15 is 0 Å². The first-order valence-corrected chi connectivity index (χ1v) is 22.2. The van der Waals surface area contributed by atoms with Gasteiger partial charge in [0, 0.05) is 34.5 Å². The molecule has 0 saturated carbocycles. The van der Waals surface area contributed by atoms with Crippen LogP contribution in [0.25, 0.3) is 89.5 Å². The normalized spacial score (nSPS) is 15.5. The van der Waals surface area contributed by atoms with Crippen LogP contribution in [0, 0.1) is 0 Å². The summed E-state index contributed by atoms with van der Waals surface area (Å²) < 4.78 is 0. The van der Waals surface area contributed by atoms with Crippen LogP contribution >= 0.6 is 0 Å². The molecule has 2 heterocycles. The zero-order valence-electron chi connectivity index (χ0n) is 35.5. The van der Waals surface area contributed by atoms with Crippen molar-refractivity contribution >= 4 is 0 Å². The number of nitrogens with zero attached hydrogens (tertiary/aromatic N) is 3. The molecule has 3 aliphatic rings. The molecule has 2 aromatic heterocycles. The molecule has 0 bridgehead atoms. The molecule has 3 nitrogen and oxygen atoms in total. The first-order valence-electron chi connectivity index (χ1n) is 22.2. The summed E-state index contributed by atoms with van der Waals surface area (Å²) in [5, 5.41) is 0. The van der Waals surface area contributed by atoms with Crippen LogP contribution in [0.5, 0.6) is 0 Å². The van der Waals surface area contributed by atoms with Crippen LogP contribution in [0.15, 0.2) is 213 Å². The predicted molar refractivity (Wildman–Crippen MR) is 261 cm³/mol. The molecular weight excluding hydrogens is 775 g/mol. The van der Waals surface area contributed by atoms with Crippen molar-refractivity contribution in [3.05, 3.63) is 246 Å². The fourth-order valence-electron chi connectivity index (χ4n) is 11.3. The lowest BCUT2D eigenvalue weighted by atomic mass is 9.65. The number of hydrogen-bond donors (Lipinski definition) is 0. The molecule has 0 fully saturated rings. The predicted octanol–water partition coefficient (Wildman–Crippen LogP) is 14.9. The van der Waals surface area contributed by atoms with Crippen molar-refractivity contribution in [2.24, 2.45) is 0 Å². The second-order valence-corrected chi connectivity index (χ2v) is 17.9. The standard InChI is InChI=1S/C61H41N3/c1-60(2)51-23-11-8-21-46(51)49-35-56-50(34-54(49)60)47-22-10-13-25-53(47)61(56)52-24-12-9-20-45(52)43-18-6-7-19-44(43)48-31-30-41(33-55(48)61)58-36-57(39-15-4-3-5-16-39)63-59(64-58)40-28-26-38(27-29-40)42-17-14-32-62-37-42/h3-37H,1-2H3. The molecule has 10 aromatic rings. The zero-order valence-corrected chi connectivity index (χ0v) is 35.5. The monoisotopic (exact) mass is 815 g/mol. The summed E-state index contributed by atoms with van der Waals surface area (Å²) in [6.07, 6.45) is 3.70. The van der Waals surface area contributed by atoms with Gasteiger partial charge in [0.15, 0.2) is 5.82 Å². The maximum absolute atomic E-state index is 5.43. The van der Waals surface area contributed by atoms with Crippen LogP contribution in [0.2, 0.25) is 0 Å². The van der Waals surface area contributed by atoms with Gasteiger partial charge in [-0.2, -0.15) is 0 Å². The molecule has 3 aliphatic carbocycles. The largest absolute Gasteiger partial charge is 0.264 e. The molecule has 0 amide bonds. The Bertz CT molecular complexity index is 3510. The molecule has 0 N–H and O–H groups in total. The maximum atomic E-state index is 5.43. The fourth-order valence-corrected chi connectivity index (χ4v) is 11.3. The van der Waals surface area contributed by atoms with Gasteiger partial charge in [0.1, 0.15) is 0 Å². The highest BCUT2D eigenvalue weighted by molar-refractivity contribution is 5.99. The van der Waals surface area contributed by atoms with Gasteiger partial charge in [0.2, 0.25) is 0 Å². The van der Waals surface area contributed by atoms with Crippen LogP contribution < -0.4 is 0 Å². The quantitative estimate of drug-likeness (QED) is 0.178. The van der Waals surface area contributed by atoms with Gasteiger partial charge < -0.3 is 0 Å². The van der Waals surface area contributed by atoms with E-state index in [2.05, 4.69) is 213 Å². The second-order valence-electron chi connectivity index (χ2n) is 17.9. The molecule has 13 rings (SSSR count). The van der Waals surface area contributed by atoms with E-state index in [0.717, 1.165) is 39.2 Å². The molecule has 1 unspecified atom stereocenters. The molecular formula is C61H41N3. The number of aromatic nitrogens is 3. The van der Waals surface area contributed by atoms with E-state index in [1.54, 1.807) is 6.20 Å². The lowest BCUT2D eigenvalue weighted by Crippen LogP contribution is -2.29. The molecule has 0 radical (unpaired) electrons. The van der Waals surface area contributed by atoms with Crippen molar-refractivity contribution < 1.29 is 0 Å². The minimum atomic E-state index is -0.649. The first kappa shape index (κ1) is 36.6. The fraction of sp³-hybridized carbons (Fsp3) is 0.0656. The lowest BCUT2D eigenvalue weighted by Gasteiger charge is -2.36. The molecule has 0 aliphatic heterocycles. The Kier molecular flexibility index (Phi) is 7.87. The van der Waals surface area contributed by atoms with E-state index in [1.165, 1.54) is 77.9 Å². The first-order chi connectivity index (χ1) is 31.5. The van der Waals surface area contributed by atoms with E-state index in [0.29, 0.717) is 5.82 Å². The summed E-state index contributed by atoms with van der Waals surface area (Å²) in [5.41, 5.74) is 24.3. The minimum absolute atomic E-state index is 0.130.